The molecule has 8 heteroatoms. The Morgan fingerprint density at radius 1 is 1.00 bits per heavy atom. The Kier molecular flexibility index (Phi) is 7.44. The average molecular weight is 596 g/mol. The van der Waals surface area contributed by atoms with Crippen LogP contribution in [0.3, 0.4) is 0 Å². The Hall–Kier alpha value is -3.66. The molecular weight excluding hydrogens is 571 g/mol. The third-order valence-corrected chi connectivity index (χ3v) is 6.75. The number of imide groups is 2. The number of ether oxygens (including phenoxy) is 2. The lowest BCUT2D eigenvalue weighted by atomic mass is 10.0. The summed E-state index contributed by atoms with van der Waals surface area (Å²) in [5.74, 6) is -0.410. The van der Waals surface area contributed by atoms with Crippen molar-refractivity contribution in [3.63, 3.8) is 0 Å². The van der Waals surface area contributed by atoms with Gasteiger partial charge in [-0.1, -0.05) is 42.0 Å². The molecule has 3 aromatic rings. The van der Waals surface area contributed by atoms with E-state index in [-0.39, 0.29) is 5.57 Å². The first-order valence-electron chi connectivity index (χ1n) is 11.2. The highest BCUT2D eigenvalue weighted by atomic mass is 127. The van der Waals surface area contributed by atoms with Crippen molar-refractivity contribution in [2.45, 2.75) is 27.4 Å². The Morgan fingerprint density at radius 3 is 2.47 bits per heavy atom. The monoisotopic (exact) mass is 596 g/mol. The van der Waals surface area contributed by atoms with Crippen molar-refractivity contribution < 1.29 is 23.9 Å². The molecule has 0 saturated carbocycles. The highest BCUT2D eigenvalue weighted by Gasteiger charge is 2.37. The van der Waals surface area contributed by atoms with Gasteiger partial charge in [-0.05, 0) is 89.9 Å². The molecule has 1 saturated heterocycles. The summed E-state index contributed by atoms with van der Waals surface area (Å²) in [5, 5.41) is 2.27. The number of halogens is 1. The molecule has 4 rings (SSSR count). The predicted molar refractivity (Wildman–Crippen MR) is 146 cm³/mol. The van der Waals surface area contributed by atoms with E-state index in [1.165, 1.54) is 13.2 Å². The van der Waals surface area contributed by atoms with Crippen LogP contribution in [0.25, 0.3) is 6.08 Å². The van der Waals surface area contributed by atoms with Gasteiger partial charge in [0.05, 0.1) is 16.4 Å². The van der Waals surface area contributed by atoms with Crippen molar-refractivity contribution in [3.8, 4) is 11.5 Å². The summed E-state index contributed by atoms with van der Waals surface area (Å²) in [5.41, 5.74) is 4.72. The molecule has 0 aromatic heterocycles. The van der Waals surface area contributed by atoms with E-state index in [0.29, 0.717) is 29.4 Å². The van der Waals surface area contributed by atoms with Crippen LogP contribution in [0.2, 0.25) is 0 Å². The van der Waals surface area contributed by atoms with Crippen molar-refractivity contribution in [2.24, 2.45) is 0 Å². The normalized spacial score (nSPS) is 14.8. The summed E-state index contributed by atoms with van der Waals surface area (Å²) in [6.45, 7) is 6.10. The van der Waals surface area contributed by atoms with E-state index in [0.717, 1.165) is 30.7 Å². The molecule has 0 atom stereocenters. The molecule has 1 fully saturated rings. The summed E-state index contributed by atoms with van der Waals surface area (Å²) in [6, 6.07) is 16.1. The molecule has 0 radical (unpaired) electrons. The van der Waals surface area contributed by atoms with Crippen LogP contribution in [0.15, 0.2) is 60.2 Å². The van der Waals surface area contributed by atoms with Gasteiger partial charge in [0.15, 0.2) is 11.5 Å². The minimum Gasteiger partial charge on any atom is -0.493 e. The lowest BCUT2D eigenvalue weighted by molar-refractivity contribution is -0.122. The zero-order chi connectivity index (χ0) is 26.0. The van der Waals surface area contributed by atoms with Crippen molar-refractivity contribution >= 4 is 52.2 Å². The number of carbonyl (C=O) groups excluding carboxylic acids is 3. The first-order valence-corrected chi connectivity index (χ1v) is 12.3. The summed E-state index contributed by atoms with van der Waals surface area (Å²) in [4.78, 5) is 39.6. The molecule has 7 nitrogen and oxygen atoms in total. The molecule has 36 heavy (non-hydrogen) atoms. The maximum absolute atomic E-state index is 13.3. The molecule has 0 aliphatic carbocycles. The number of nitrogens with zero attached hydrogens (tertiary/aromatic N) is 1. The molecule has 0 unspecified atom stereocenters. The largest absolute Gasteiger partial charge is 0.493 e. The molecule has 0 bridgehead atoms. The van der Waals surface area contributed by atoms with Crippen molar-refractivity contribution in [3.05, 3.63) is 91.6 Å². The number of urea groups is 1. The lowest BCUT2D eigenvalue weighted by Gasteiger charge is -2.28. The topological polar surface area (TPSA) is 84.9 Å². The summed E-state index contributed by atoms with van der Waals surface area (Å²) in [6.07, 6.45) is 1.46. The van der Waals surface area contributed by atoms with Crippen LogP contribution >= 0.6 is 22.6 Å². The number of nitrogens with one attached hydrogen (secondary N) is 1. The van der Waals surface area contributed by atoms with Crippen LogP contribution in [-0.4, -0.2) is 25.0 Å². The zero-order valence-corrected chi connectivity index (χ0v) is 22.5. The van der Waals surface area contributed by atoms with Gasteiger partial charge < -0.3 is 9.47 Å². The fourth-order valence-electron chi connectivity index (χ4n) is 3.94. The minimum absolute atomic E-state index is 0.151. The Balaban J connectivity index is 1.66. The van der Waals surface area contributed by atoms with E-state index in [1.807, 2.05) is 45.0 Å². The Labute approximate surface area is 223 Å². The molecular formula is C28H25IN2O5. The van der Waals surface area contributed by atoms with Gasteiger partial charge in [0, 0.05) is 0 Å². The number of methoxy groups -OCH3 is 1. The second-order valence-electron chi connectivity index (χ2n) is 8.49. The van der Waals surface area contributed by atoms with Crippen molar-refractivity contribution in [1.82, 2.24) is 5.32 Å². The summed E-state index contributed by atoms with van der Waals surface area (Å²) < 4.78 is 12.3. The zero-order valence-electron chi connectivity index (χ0n) is 20.3. The maximum atomic E-state index is 13.3. The van der Waals surface area contributed by atoms with Crippen LogP contribution in [-0.2, 0) is 16.2 Å². The van der Waals surface area contributed by atoms with Gasteiger partial charge in [-0.15, -0.1) is 0 Å². The van der Waals surface area contributed by atoms with Gasteiger partial charge in [0.2, 0.25) is 0 Å². The number of benzene rings is 3. The molecule has 0 spiro atoms. The van der Waals surface area contributed by atoms with E-state index in [1.54, 1.807) is 24.3 Å². The van der Waals surface area contributed by atoms with Crippen LogP contribution in [0.4, 0.5) is 10.5 Å². The molecule has 3 aromatic carbocycles. The molecule has 4 amide bonds. The van der Waals surface area contributed by atoms with Gasteiger partial charge >= 0.3 is 6.03 Å². The average Bonchev–Trinajstić information content (AvgIpc) is 2.83. The van der Waals surface area contributed by atoms with E-state index < -0.39 is 17.8 Å². The number of hydrogen-bond donors (Lipinski definition) is 1. The predicted octanol–water partition coefficient (Wildman–Crippen LogP) is 5.47. The van der Waals surface area contributed by atoms with Gasteiger partial charge in [0.25, 0.3) is 11.8 Å². The van der Waals surface area contributed by atoms with E-state index in [2.05, 4.69) is 34.0 Å². The fraction of sp³-hybridized carbons (Fsp3) is 0.179. The second kappa shape index (κ2) is 10.5. The molecule has 1 N–H and O–H groups in total. The lowest BCUT2D eigenvalue weighted by Crippen LogP contribution is -2.54. The number of hydrogen-bond acceptors (Lipinski definition) is 5. The SMILES string of the molecule is COc1cc(/C=C2\C(=O)NC(=O)N(c3cccc(C)c3C)C2=O)cc(I)c1OCc1cccc(C)c1. The molecule has 1 heterocycles. The Morgan fingerprint density at radius 2 is 1.75 bits per heavy atom. The third kappa shape index (κ3) is 5.13. The molecule has 1 aliphatic rings. The third-order valence-electron chi connectivity index (χ3n) is 5.95. The quantitative estimate of drug-likeness (QED) is 0.232. The fourth-order valence-corrected chi connectivity index (χ4v) is 4.72. The van der Waals surface area contributed by atoms with Crippen molar-refractivity contribution in [1.29, 1.82) is 0 Å². The second-order valence-corrected chi connectivity index (χ2v) is 9.65. The molecule has 184 valence electrons. The number of anilines is 1. The Bertz CT molecular complexity index is 1410. The van der Waals surface area contributed by atoms with E-state index >= 15 is 0 Å². The van der Waals surface area contributed by atoms with Crippen molar-refractivity contribution in [2.75, 3.05) is 12.0 Å². The summed E-state index contributed by atoms with van der Waals surface area (Å²) in [7, 11) is 1.53. The number of rotatable bonds is 6. The number of carbonyl (C=O) groups is 3. The first kappa shape index (κ1) is 25.4. The summed E-state index contributed by atoms with van der Waals surface area (Å²) >= 11 is 2.13. The molecule has 1 aliphatic heterocycles. The number of barbiturate groups is 1. The van der Waals surface area contributed by atoms with Crippen LogP contribution in [0.1, 0.15) is 27.8 Å². The standard InChI is InChI=1S/C28H25IN2O5/c1-16-7-5-9-19(11-16)15-36-25-22(29)13-20(14-24(25)35-4)12-21-26(32)30-28(34)31(27(21)33)23-10-6-8-17(2)18(23)3/h5-14H,15H2,1-4H3,(H,30,32,34)/b21-12+. The first-order chi connectivity index (χ1) is 17.2. The van der Waals surface area contributed by atoms with Crippen LogP contribution in [0, 0.1) is 24.3 Å². The van der Waals surface area contributed by atoms with Gasteiger partial charge in [-0.2, -0.15) is 0 Å². The number of aryl methyl sites for hydroxylation is 2. The highest BCUT2D eigenvalue weighted by molar-refractivity contribution is 14.1. The van der Waals surface area contributed by atoms with Crippen LogP contribution in [0.5, 0.6) is 11.5 Å². The van der Waals surface area contributed by atoms with Gasteiger partial charge in [-0.3, -0.25) is 14.9 Å². The van der Waals surface area contributed by atoms with E-state index in [4.69, 9.17) is 9.47 Å². The minimum atomic E-state index is -0.775. The van der Waals surface area contributed by atoms with Crippen LogP contribution < -0.4 is 19.7 Å². The number of amides is 4. The van der Waals surface area contributed by atoms with Gasteiger partial charge in [0.1, 0.15) is 12.2 Å². The van der Waals surface area contributed by atoms with E-state index in [9.17, 15) is 14.4 Å². The van der Waals surface area contributed by atoms with Gasteiger partial charge in [-0.25, -0.2) is 9.69 Å². The highest BCUT2D eigenvalue weighted by Crippen LogP contribution is 2.36. The smallest absolute Gasteiger partial charge is 0.335 e. The maximum Gasteiger partial charge on any atom is 0.335 e.